The molecule has 1 aromatic rings. The van der Waals surface area contributed by atoms with Gasteiger partial charge in [0.05, 0.1) is 4.90 Å². The molecule has 2 rings (SSSR count). The minimum atomic E-state index is -3.49. The zero-order valence-corrected chi connectivity index (χ0v) is 13.5. The summed E-state index contributed by atoms with van der Waals surface area (Å²) in [7, 11) is -3.49. The Balaban J connectivity index is 2.25. The van der Waals surface area contributed by atoms with Crippen LogP contribution in [-0.2, 0) is 21.2 Å². The van der Waals surface area contributed by atoms with Gasteiger partial charge in [0.2, 0.25) is 15.9 Å². The number of hydrogen-bond donors (Lipinski definition) is 1. The van der Waals surface area contributed by atoms with E-state index < -0.39 is 10.0 Å². The van der Waals surface area contributed by atoms with Crippen LogP contribution < -0.4 is 9.62 Å². The fraction of sp³-hybridized carbons (Fsp3) is 0.533. The molecule has 0 aromatic heterocycles. The Morgan fingerprint density at radius 1 is 1.43 bits per heavy atom. The molecule has 1 unspecified atom stereocenters. The molecule has 6 heteroatoms. The number of carbonyl (C=O) groups is 1. The molecular weight excluding hydrogens is 288 g/mol. The van der Waals surface area contributed by atoms with Gasteiger partial charge in [-0.3, -0.25) is 4.79 Å². The van der Waals surface area contributed by atoms with Crippen molar-refractivity contribution in [3.8, 4) is 0 Å². The maximum atomic E-state index is 12.3. The summed E-state index contributed by atoms with van der Waals surface area (Å²) in [6, 6.07) is 4.89. The SMILES string of the molecule is CCCC(C)NS(=O)(=O)c1ccc2c(c1)CCN2C(C)=O. The fourth-order valence-corrected chi connectivity index (χ4v) is 4.03. The number of sulfonamides is 1. The van der Waals surface area contributed by atoms with Gasteiger partial charge in [0.25, 0.3) is 0 Å². The van der Waals surface area contributed by atoms with Crippen molar-refractivity contribution >= 4 is 21.6 Å². The van der Waals surface area contributed by atoms with Crippen LogP contribution in [0.2, 0.25) is 0 Å². The number of benzene rings is 1. The lowest BCUT2D eigenvalue weighted by molar-refractivity contribution is -0.116. The van der Waals surface area contributed by atoms with Crippen LogP contribution in [0.4, 0.5) is 5.69 Å². The number of nitrogens with zero attached hydrogens (tertiary/aromatic N) is 1. The van der Waals surface area contributed by atoms with Crippen molar-refractivity contribution in [3.63, 3.8) is 0 Å². The van der Waals surface area contributed by atoms with Crippen LogP contribution >= 0.6 is 0 Å². The van der Waals surface area contributed by atoms with Gasteiger partial charge in [-0.1, -0.05) is 13.3 Å². The average molecular weight is 310 g/mol. The van der Waals surface area contributed by atoms with E-state index in [-0.39, 0.29) is 16.8 Å². The van der Waals surface area contributed by atoms with Crippen LogP contribution in [0.5, 0.6) is 0 Å². The molecule has 1 aliphatic heterocycles. The minimum absolute atomic E-state index is 0.0148. The summed E-state index contributed by atoms with van der Waals surface area (Å²) in [5.74, 6) is -0.0148. The van der Waals surface area contributed by atoms with Gasteiger partial charge in [-0.25, -0.2) is 13.1 Å². The zero-order chi connectivity index (χ0) is 15.6. The van der Waals surface area contributed by atoms with E-state index in [9.17, 15) is 13.2 Å². The molecule has 0 saturated carbocycles. The van der Waals surface area contributed by atoms with Gasteiger partial charge in [0, 0.05) is 25.2 Å². The van der Waals surface area contributed by atoms with Crippen molar-refractivity contribution < 1.29 is 13.2 Å². The molecule has 0 radical (unpaired) electrons. The monoisotopic (exact) mass is 310 g/mol. The summed E-state index contributed by atoms with van der Waals surface area (Å²) in [4.78, 5) is 13.5. The second-order valence-corrected chi connectivity index (χ2v) is 7.24. The summed E-state index contributed by atoms with van der Waals surface area (Å²) in [6.45, 7) is 6.03. The lowest BCUT2D eigenvalue weighted by atomic mass is 10.2. The Labute approximate surface area is 126 Å². The van der Waals surface area contributed by atoms with Crippen LogP contribution in [0.1, 0.15) is 39.2 Å². The largest absolute Gasteiger partial charge is 0.312 e. The average Bonchev–Trinajstić information content (AvgIpc) is 2.81. The molecule has 1 amide bonds. The maximum Gasteiger partial charge on any atom is 0.240 e. The molecule has 0 saturated heterocycles. The van der Waals surface area contributed by atoms with Crippen molar-refractivity contribution in [2.45, 2.75) is 51.0 Å². The van der Waals surface area contributed by atoms with E-state index >= 15 is 0 Å². The highest BCUT2D eigenvalue weighted by molar-refractivity contribution is 7.89. The number of rotatable bonds is 5. The van der Waals surface area contributed by atoms with Gasteiger partial charge >= 0.3 is 0 Å². The number of amides is 1. The molecule has 0 fully saturated rings. The van der Waals surface area contributed by atoms with Crippen molar-refractivity contribution in [1.29, 1.82) is 0 Å². The summed E-state index contributed by atoms with van der Waals surface area (Å²) >= 11 is 0. The summed E-state index contributed by atoms with van der Waals surface area (Å²) in [5, 5.41) is 0. The molecular formula is C15H22N2O3S. The van der Waals surface area contributed by atoms with E-state index in [1.54, 1.807) is 23.1 Å². The van der Waals surface area contributed by atoms with Gasteiger partial charge in [-0.15, -0.1) is 0 Å². The highest BCUT2D eigenvalue weighted by atomic mass is 32.2. The lowest BCUT2D eigenvalue weighted by Gasteiger charge is -2.16. The molecule has 116 valence electrons. The predicted molar refractivity (Wildman–Crippen MR) is 82.9 cm³/mol. The van der Waals surface area contributed by atoms with Gasteiger partial charge in [0.1, 0.15) is 0 Å². The minimum Gasteiger partial charge on any atom is -0.312 e. The number of nitrogens with one attached hydrogen (secondary N) is 1. The van der Waals surface area contributed by atoms with E-state index in [1.165, 1.54) is 6.92 Å². The van der Waals surface area contributed by atoms with Crippen molar-refractivity contribution in [2.24, 2.45) is 0 Å². The molecule has 0 aliphatic carbocycles. The van der Waals surface area contributed by atoms with Gasteiger partial charge in [-0.05, 0) is 43.5 Å². The Hall–Kier alpha value is -1.40. The molecule has 1 N–H and O–H groups in total. The molecule has 5 nitrogen and oxygen atoms in total. The Morgan fingerprint density at radius 3 is 2.76 bits per heavy atom. The molecule has 1 heterocycles. The first-order valence-electron chi connectivity index (χ1n) is 7.28. The molecule has 21 heavy (non-hydrogen) atoms. The maximum absolute atomic E-state index is 12.3. The van der Waals surface area contributed by atoms with Crippen LogP contribution in [0.3, 0.4) is 0 Å². The fourth-order valence-electron chi connectivity index (χ4n) is 2.70. The molecule has 0 bridgehead atoms. The third-order valence-corrected chi connectivity index (χ3v) is 5.30. The normalized spacial score (nSPS) is 15.9. The molecule has 1 aromatic carbocycles. The lowest BCUT2D eigenvalue weighted by Crippen LogP contribution is -2.32. The second-order valence-electron chi connectivity index (χ2n) is 5.52. The summed E-state index contributed by atoms with van der Waals surface area (Å²) < 4.78 is 27.4. The smallest absolute Gasteiger partial charge is 0.240 e. The highest BCUT2D eigenvalue weighted by Gasteiger charge is 2.25. The first-order valence-corrected chi connectivity index (χ1v) is 8.77. The standard InChI is InChI=1S/C15H22N2O3S/c1-4-5-11(2)16-21(19,20)14-6-7-15-13(10-14)8-9-17(15)12(3)18/h6-7,10-11,16H,4-5,8-9H2,1-3H3. The zero-order valence-electron chi connectivity index (χ0n) is 12.7. The van der Waals surface area contributed by atoms with E-state index in [1.807, 2.05) is 13.8 Å². The highest BCUT2D eigenvalue weighted by Crippen LogP contribution is 2.30. The van der Waals surface area contributed by atoms with E-state index in [0.29, 0.717) is 13.0 Å². The van der Waals surface area contributed by atoms with Crippen LogP contribution in [0, 0.1) is 0 Å². The van der Waals surface area contributed by atoms with Crippen LogP contribution in [0.15, 0.2) is 23.1 Å². The van der Waals surface area contributed by atoms with Crippen LogP contribution in [0.25, 0.3) is 0 Å². The van der Waals surface area contributed by atoms with Crippen molar-refractivity contribution in [3.05, 3.63) is 23.8 Å². The Bertz CT molecular complexity index is 640. The van der Waals surface area contributed by atoms with Crippen molar-refractivity contribution in [2.75, 3.05) is 11.4 Å². The number of carbonyl (C=O) groups excluding carboxylic acids is 1. The second kappa shape index (κ2) is 6.15. The van der Waals surface area contributed by atoms with Crippen molar-refractivity contribution in [1.82, 2.24) is 4.72 Å². The first kappa shape index (κ1) is 16.0. The predicted octanol–water partition coefficient (Wildman–Crippen LogP) is 2.06. The molecule has 0 spiro atoms. The Kier molecular flexibility index (Phi) is 4.68. The number of hydrogen-bond acceptors (Lipinski definition) is 3. The number of anilines is 1. The third kappa shape index (κ3) is 3.44. The Morgan fingerprint density at radius 2 is 2.14 bits per heavy atom. The van der Waals surface area contributed by atoms with Gasteiger partial charge < -0.3 is 4.90 Å². The van der Waals surface area contributed by atoms with Gasteiger partial charge in [-0.2, -0.15) is 0 Å². The van der Waals surface area contributed by atoms with Gasteiger partial charge in [0.15, 0.2) is 0 Å². The quantitative estimate of drug-likeness (QED) is 0.905. The topological polar surface area (TPSA) is 66.5 Å². The summed E-state index contributed by atoms with van der Waals surface area (Å²) in [6.07, 6.45) is 2.44. The molecule has 1 aliphatic rings. The van der Waals surface area contributed by atoms with Crippen LogP contribution in [-0.4, -0.2) is 26.9 Å². The molecule has 1 atom stereocenters. The summed E-state index contributed by atoms with van der Waals surface area (Å²) in [5.41, 5.74) is 1.74. The van der Waals surface area contributed by atoms with E-state index in [0.717, 1.165) is 24.1 Å². The van der Waals surface area contributed by atoms with E-state index in [4.69, 9.17) is 0 Å². The van der Waals surface area contributed by atoms with E-state index in [2.05, 4.69) is 4.72 Å². The third-order valence-electron chi connectivity index (χ3n) is 3.71. The number of fused-ring (bicyclic) bond motifs is 1. The first-order chi connectivity index (χ1) is 9.85.